The van der Waals surface area contributed by atoms with Gasteiger partial charge in [-0.15, -0.1) is 0 Å². The lowest BCUT2D eigenvalue weighted by Gasteiger charge is -2.23. The molecule has 2 aromatic rings. The van der Waals surface area contributed by atoms with Gasteiger partial charge in [-0.3, -0.25) is 14.0 Å². The third-order valence-corrected chi connectivity index (χ3v) is 6.89. The van der Waals surface area contributed by atoms with Crippen LogP contribution in [0, 0.1) is 5.92 Å². The fraction of sp³-hybridized carbons (Fsp3) is 0.750. The predicted molar refractivity (Wildman–Crippen MR) is 110 cm³/mol. The topological polar surface area (TPSA) is 74.4 Å². The minimum Gasteiger partial charge on any atom is -0.476 e. The molecule has 3 saturated heterocycles. The van der Waals surface area contributed by atoms with E-state index in [9.17, 15) is 9.18 Å². The summed E-state index contributed by atoms with van der Waals surface area (Å²) in [4.78, 5) is 24.1. The molecule has 0 N–H and O–H groups in total. The van der Waals surface area contributed by atoms with Gasteiger partial charge in [0.05, 0.1) is 19.3 Å². The minimum atomic E-state index is -0.755. The zero-order valence-corrected chi connectivity index (χ0v) is 17.9. The van der Waals surface area contributed by atoms with Crippen molar-refractivity contribution in [3.8, 4) is 5.88 Å². The molecule has 5 heterocycles. The number of fused-ring (bicyclic) bond motifs is 2. The molecule has 30 heavy (non-hydrogen) atoms. The van der Waals surface area contributed by atoms with E-state index in [0.717, 1.165) is 25.8 Å². The molecule has 164 valence electrons. The van der Waals surface area contributed by atoms with E-state index in [1.54, 1.807) is 9.13 Å². The second-order valence-electron chi connectivity index (χ2n) is 8.49. The zero-order valence-electron chi connectivity index (χ0n) is 17.1. The smallest absolute Gasteiger partial charge is 0.330 e. The molecule has 3 aliphatic heterocycles. The summed E-state index contributed by atoms with van der Waals surface area (Å²) in [5.74, 6) is 0.567. The van der Waals surface area contributed by atoms with Crippen molar-refractivity contribution in [2.24, 2.45) is 5.92 Å². The van der Waals surface area contributed by atoms with Crippen LogP contribution >= 0.6 is 11.6 Å². The maximum Gasteiger partial charge on any atom is 0.330 e. The summed E-state index contributed by atoms with van der Waals surface area (Å²) in [5, 5.41) is 0.0500. The Morgan fingerprint density at radius 3 is 2.97 bits per heavy atom. The lowest BCUT2D eigenvalue weighted by Crippen LogP contribution is -2.31. The first-order chi connectivity index (χ1) is 14.6. The molecular formula is C20H27ClFN5O3. The summed E-state index contributed by atoms with van der Waals surface area (Å²) in [5.41, 5.74) is 0.916. The summed E-state index contributed by atoms with van der Waals surface area (Å²) in [7, 11) is 0. The third kappa shape index (κ3) is 3.40. The molecule has 3 aliphatic rings. The first kappa shape index (κ1) is 20.2. The maximum atomic E-state index is 13.8. The van der Waals surface area contributed by atoms with Crippen LogP contribution in [-0.4, -0.2) is 69.1 Å². The van der Waals surface area contributed by atoms with E-state index in [2.05, 4.69) is 14.9 Å². The van der Waals surface area contributed by atoms with E-state index in [1.165, 1.54) is 0 Å². The Labute approximate surface area is 178 Å². The fourth-order valence-corrected chi connectivity index (χ4v) is 5.45. The molecule has 1 unspecified atom stereocenters. The number of halogens is 2. The molecule has 0 aromatic carbocycles. The van der Waals surface area contributed by atoms with Crippen LogP contribution in [0.1, 0.15) is 38.6 Å². The average Bonchev–Trinajstić information content (AvgIpc) is 3.36. The molecule has 10 heteroatoms. The summed E-state index contributed by atoms with van der Waals surface area (Å²) in [6.45, 7) is 5.41. The Bertz CT molecular complexity index is 989. The van der Waals surface area contributed by atoms with Crippen molar-refractivity contribution in [2.75, 3.05) is 32.9 Å². The van der Waals surface area contributed by atoms with Gasteiger partial charge in [0, 0.05) is 31.7 Å². The van der Waals surface area contributed by atoms with Gasteiger partial charge in [0.15, 0.2) is 11.2 Å². The lowest BCUT2D eigenvalue weighted by atomic mass is 9.99. The fourth-order valence-electron chi connectivity index (χ4n) is 5.30. The van der Waals surface area contributed by atoms with Crippen molar-refractivity contribution in [1.29, 1.82) is 0 Å². The van der Waals surface area contributed by atoms with Crippen LogP contribution in [0.15, 0.2) is 4.79 Å². The van der Waals surface area contributed by atoms with E-state index in [1.807, 2.05) is 6.92 Å². The van der Waals surface area contributed by atoms with Crippen LogP contribution < -0.4 is 10.4 Å². The molecule has 0 amide bonds. The van der Waals surface area contributed by atoms with Gasteiger partial charge >= 0.3 is 5.69 Å². The number of hydrogen-bond acceptors (Lipinski definition) is 6. The molecule has 8 nitrogen and oxygen atoms in total. The van der Waals surface area contributed by atoms with Crippen LogP contribution in [0.3, 0.4) is 0 Å². The van der Waals surface area contributed by atoms with Gasteiger partial charge in [-0.25, -0.2) is 9.18 Å². The Hall–Kier alpha value is -1.71. The summed E-state index contributed by atoms with van der Waals surface area (Å²) in [6, 6.07) is 0.133. The number of rotatable bonds is 5. The van der Waals surface area contributed by atoms with Gasteiger partial charge in [-0.1, -0.05) is 0 Å². The van der Waals surface area contributed by atoms with Crippen molar-refractivity contribution >= 4 is 22.8 Å². The lowest BCUT2D eigenvalue weighted by molar-refractivity contribution is 0.0590. The third-order valence-electron chi connectivity index (χ3n) is 6.72. The number of imidazole rings is 1. The molecule has 0 radical (unpaired) electrons. The second-order valence-corrected chi connectivity index (χ2v) is 8.83. The molecule has 0 bridgehead atoms. The van der Waals surface area contributed by atoms with Gasteiger partial charge in [0.2, 0.25) is 11.2 Å². The predicted octanol–water partition coefficient (Wildman–Crippen LogP) is 2.43. The van der Waals surface area contributed by atoms with Crippen LogP contribution in [0.5, 0.6) is 5.88 Å². The van der Waals surface area contributed by atoms with E-state index < -0.39 is 6.17 Å². The van der Waals surface area contributed by atoms with E-state index in [0.29, 0.717) is 56.4 Å². The van der Waals surface area contributed by atoms with Gasteiger partial charge in [0.1, 0.15) is 6.17 Å². The highest BCUT2D eigenvalue weighted by Crippen LogP contribution is 2.35. The number of alkyl halides is 1. The monoisotopic (exact) mass is 439 g/mol. The first-order valence-corrected chi connectivity index (χ1v) is 11.2. The normalized spacial score (nSPS) is 29.6. The van der Waals surface area contributed by atoms with Gasteiger partial charge in [-0.05, 0) is 50.8 Å². The Balaban J connectivity index is 1.48. The molecule has 0 saturated carbocycles. The standard InChI is InChI=1S/C20H27ClFN5O3/c1-2-26-16-17(27(20(26)28)14-4-3-7-29-11-14)23-19(21)24-18(16)30-10-12-5-6-25-9-13(22)8-15(12)25/h12-15H,2-11H2,1H3/t12-,13-,14-,15?/m1/s1. The maximum absolute atomic E-state index is 13.8. The van der Waals surface area contributed by atoms with Crippen molar-refractivity contribution in [1.82, 2.24) is 24.0 Å². The Morgan fingerprint density at radius 1 is 1.33 bits per heavy atom. The van der Waals surface area contributed by atoms with Crippen LogP contribution in [-0.2, 0) is 11.3 Å². The number of aryl methyl sites for hydroxylation is 1. The van der Waals surface area contributed by atoms with Crippen molar-refractivity contribution in [3.05, 3.63) is 15.8 Å². The molecule has 2 aromatic heterocycles. The van der Waals surface area contributed by atoms with E-state index >= 15 is 0 Å². The number of hydrogen-bond donors (Lipinski definition) is 0. The largest absolute Gasteiger partial charge is 0.476 e. The number of ether oxygens (including phenoxy) is 2. The van der Waals surface area contributed by atoms with Crippen molar-refractivity contribution in [2.45, 2.75) is 57.4 Å². The average molecular weight is 440 g/mol. The Kier molecular flexibility index (Phi) is 5.45. The number of aromatic nitrogens is 4. The highest BCUT2D eigenvalue weighted by Gasteiger charge is 2.42. The van der Waals surface area contributed by atoms with Gasteiger partial charge < -0.3 is 9.47 Å². The molecule has 5 rings (SSSR count). The molecule has 0 spiro atoms. The summed E-state index contributed by atoms with van der Waals surface area (Å²) >= 11 is 6.23. The van der Waals surface area contributed by atoms with Crippen LogP contribution in [0.2, 0.25) is 5.28 Å². The molecule has 3 fully saturated rings. The zero-order chi connectivity index (χ0) is 20.8. The number of nitrogens with zero attached hydrogens (tertiary/aromatic N) is 5. The van der Waals surface area contributed by atoms with Gasteiger partial charge in [0.25, 0.3) is 0 Å². The second kappa shape index (κ2) is 8.09. The Morgan fingerprint density at radius 2 is 2.20 bits per heavy atom. The summed E-state index contributed by atoms with van der Waals surface area (Å²) in [6.07, 6.45) is 2.53. The summed E-state index contributed by atoms with van der Waals surface area (Å²) < 4.78 is 28.8. The van der Waals surface area contributed by atoms with Crippen molar-refractivity contribution < 1.29 is 13.9 Å². The van der Waals surface area contributed by atoms with E-state index in [4.69, 9.17) is 21.1 Å². The highest BCUT2D eigenvalue weighted by atomic mass is 35.5. The SMILES string of the molecule is CCn1c(=O)n([C@@H]2CCCOC2)c2nc(Cl)nc(OC[C@H]3CCN4C[C@H](F)CC34)c21. The first-order valence-electron chi connectivity index (χ1n) is 10.8. The highest BCUT2D eigenvalue weighted by molar-refractivity contribution is 6.28. The molecule has 0 aliphatic carbocycles. The minimum absolute atomic E-state index is 0.0500. The van der Waals surface area contributed by atoms with E-state index in [-0.39, 0.29) is 29.0 Å². The van der Waals surface area contributed by atoms with Crippen LogP contribution in [0.4, 0.5) is 4.39 Å². The van der Waals surface area contributed by atoms with Crippen molar-refractivity contribution in [3.63, 3.8) is 0 Å². The molecular weight excluding hydrogens is 413 g/mol. The van der Waals surface area contributed by atoms with Gasteiger partial charge in [-0.2, -0.15) is 9.97 Å². The quantitative estimate of drug-likeness (QED) is 0.666. The van der Waals surface area contributed by atoms with Crippen LogP contribution in [0.25, 0.3) is 11.2 Å². The molecule has 4 atom stereocenters.